The van der Waals surface area contributed by atoms with Crippen LogP contribution >= 0.6 is 0 Å². The van der Waals surface area contributed by atoms with Crippen LogP contribution in [0.4, 0.5) is 11.6 Å². The molecule has 1 heterocycles. The molecule has 1 unspecified atom stereocenters. The van der Waals surface area contributed by atoms with Crippen molar-refractivity contribution in [1.29, 1.82) is 5.41 Å². The van der Waals surface area contributed by atoms with Crippen LogP contribution in [0.2, 0.25) is 0 Å². The van der Waals surface area contributed by atoms with Crippen molar-refractivity contribution in [1.82, 2.24) is 9.97 Å². The highest BCUT2D eigenvalue weighted by Gasteiger charge is 2.13. The molecule has 1 aromatic carbocycles. The number of rotatable bonds is 8. The molecule has 0 saturated heterocycles. The summed E-state index contributed by atoms with van der Waals surface area (Å²) in [6.45, 7) is 0.558. The van der Waals surface area contributed by atoms with E-state index in [-0.39, 0.29) is 17.3 Å². The minimum atomic E-state index is -1.13. The Bertz CT molecular complexity index is 762. The molecule has 1 aromatic heterocycles. The summed E-state index contributed by atoms with van der Waals surface area (Å²) < 4.78 is 17.0. The van der Waals surface area contributed by atoms with Crippen LogP contribution in [0.25, 0.3) is 0 Å². The summed E-state index contributed by atoms with van der Waals surface area (Å²) in [4.78, 5) is 20.4. The molecule has 0 saturated carbocycles. The maximum Gasteiger partial charge on any atom is 0.275 e. The van der Waals surface area contributed by atoms with Crippen molar-refractivity contribution in [3.8, 4) is 0 Å². The first-order valence-corrected chi connectivity index (χ1v) is 8.78. The van der Waals surface area contributed by atoms with Gasteiger partial charge in [0.05, 0.1) is 23.2 Å². The van der Waals surface area contributed by atoms with E-state index in [4.69, 9.17) is 15.9 Å². The molecule has 0 radical (unpaired) electrons. The highest BCUT2D eigenvalue weighted by atomic mass is 32.2. The van der Waals surface area contributed by atoms with Gasteiger partial charge < -0.3 is 15.8 Å². The van der Waals surface area contributed by atoms with Crippen LogP contribution in [0.15, 0.2) is 41.6 Å². The number of amides is 1. The van der Waals surface area contributed by atoms with Crippen molar-refractivity contribution in [3.05, 3.63) is 42.2 Å². The summed E-state index contributed by atoms with van der Waals surface area (Å²) in [5, 5.41) is 10.4. The van der Waals surface area contributed by atoms with Gasteiger partial charge in [0.2, 0.25) is 0 Å². The maximum absolute atomic E-state index is 12.1. The van der Waals surface area contributed by atoms with Gasteiger partial charge in [-0.3, -0.25) is 14.4 Å². The van der Waals surface area contributed by atoms with E-state index in [1.54, 1.807) is 31.4 Å². The molecule has 8 nitrogen and oxygen atoms in total. The third kappa shape index (κ3) is 5.44. The lowest BCUT2D eigenvalue weighted by Gasteiger charge is -2.07. The minimum absolute atomic E-state index is 0.208. The fourth-order valence-electron chi connectivity index (χ4n) is 1.94. The molecule has 1 amide bonds. The number of methoxy groups -OCH3 is 1. The van der Waals surface area contributed by atoms with Crippen LogP contribution in [0.3, 0.4) is 0 Å². The van der Waals surface area contributed by atoms with Crippen LogP contribution in [-0.4, -0.2) is 45.3 Å². The summed E-state index contributed by atoms with van der Waals surface area (Å²) in [6.07, 6.45) is 3.32. The van der Waals surface area contributed by atoms with E-state index in [1.807, 2.05) is 0 Å². The lowest BCUT2D eigenvalue weighted by molar-refractivity contribution is -0.110. The molecule has 0 bridgehead atoms. The number of anilines is 2. The SMILES string of the molecule is COCCCS(=O)c1ccc(C(=N)C(=O)Nc2cnc(N)cn2)cc1. The number of ether oxygens (including phenoxy) is 1. The smallest absolute Gasteiger partial charge is 0.275 e. The summed E-state index contributed by atoms with van der Waals surface area (Å²) in [5.41, 5.74) is 5.61. The third-order valence-electron chi connectivity index (χ3n) is 3.22. The summed E-state index contributed by atoms with van der Waals surface area (Å²) >= 11 is 0. The van der Waals surface area contributed by atoms with E-state index >= 15 is 0 Å². The zero-order chi connectivity index (χ0) is 18.2. The number of nitrogens with one attached hydrogen (secondary N) is 2. The van der Waals surface area contributed by atoms with Crippen molar-refractivity contribution in [2.45, 2.75) is 11.3 Å². The predicted molar refractivity (Wildman–Crippen MR) is 96.1 cm³/mol. The molecular formula is C16H19N5O3S. The van der Waals surface area contributed by atoms with Gasteiger partial charge in [-0.25, -0.2) is 9.97 Å². The minimum Gasteiger partial charge on any atom is -0.385 e. The molecule has 0 aliphatic heterocycles. The summed E-state index contributed by atoms with van der Waals surface area (Å²) in [7, 11) is 0.470. The number of hydrogen-bond donors (Lipinski definition) is 3. The Hall–Kier alpha value is -2.65. The Morgan fingerprint density at radius 2 is 2.00 bits per heavy atom. The number of carbonyl (C=O) groups is 1. The normalized spacial score (nSPS) is 11.7. The van der Waals surface area contributed by atoms with Crippen molar-refractivity contribution in [2.75, 3.05) is 30.5 Å². The topological polar surface area (TPSA) is 131 Å². The van der Waals surface area contributed by atoms with Gasteiger partial charge in [0.25, 0.3) is 5.91 Å². The molecule has 2 aromatic rings. The van der Waals surface area contributed by atoms with Gasteiger partial charge in [-0.05, 0) is 18.6 Å². The highest BCUT2D eigenvalue weighted by Crippen LogP contribution is 2.11. The standard InChI is InChI=1S/C16H19N5O3S/c1-24-7-2-8-25(23)12-5-3-11(4-6-12)15(18)16(22)21-14-10-19-13(17)9-20-14/h3-6,9-10,18H,2,7-8H2,1H3,(H2,17,19)(H,20,21,22). The van der Waals surface area contributed by atoms with E-state index in [0.717, 1.165) is 0 Å². The van der Waals surface area contributed by atoms with Gasteiger partial charge in [0, 0.05) is 29.9 Å². The van der Waals surface area contributed by atoms with E-state index in [2.05, 4.69) is 15.3 Å². The Morgan fingerprint density at radius 1 is 1.28 bits per heavy atom. The molecule has 25 heavy (non-hydrogen) atoms. The number of nitrogens with zero attached hydrogens (tertiary/aromatic N) is 2. The molecular weight excluding hydrogens is 342 g/mol. The van der Waals surface area contributed by atoms with Crippen molar-refractivity contribution in [2.24, 2.45) is 0 Å². The average molecular weight is 361 g/mol. The number of nitrogen functional groups attached to an aromatic ring is 1. The second kappa shape index (κ2) is 9.00. The van der Waals surface area contributed by atoms with Gasteiger partial charge in [-0.2, -0.15) is 0 Å². The summed E-state index contributed by atoms with van der Waals surface area (Å²) in [5.74, 6) is 0.330. The Morgan fingerprint density at radius 3 is 2.60 bits per heavy atom. The first-order chi connectivity index (χ1) is 12.0. The van der Waals surface area contributed by atoms with Gasteiger partial charge >= 0.3 is 0 Å². The molecule has 9 heteroatoms. The maximum atomic E-state index is 12.1. The van der Waals surface area contributed by atoms with E-state index in [0.29, 0.717) is 29.2 Å². The second-order valence-electron chi connectivity index (χ2n) is 5.08. The highest BCUT2D eigenvalue weighted by molar-refractivity contribution is 7.85. The predicted octanol–water partition coefficient (Wildman–Crippen LogP) is 1.21. The van der Waals surface area contributed by atoms with Gasteiger partial charge in [-0.15, -0.1) is 0 Å². The largest absolute Gasteiger partial charge is 0.385 e. The monoisotopic (exact) mass is 361 g/mol. The van der Waals surface area contributed by atoms with Gasteiger partial charge in [-0.1, -0.05) is 12.1 Å². The van der Waals surface area contributed by atoms with Crippen LogP contribution in [0.5, 0.6) is 0 Å². The van der Waals surface area contributed by atoms with E-state index < -0.39 is 16.7 Å². The lowest BCUT2D eigenvalue weighted by Crippen LogP contribution is -2.23. The summed E-state index contributed by atoms with van der Waals surface area (Å²) in [6, 6.07) is 6.51. The lowest BCUT2D eigenvalue weighted by atomic mass is 10.1. The number of carbonyl (C=O) groups excluding carboxylic acids is 1. The Kier molecular flexibility index (Phi) is 6.72. The molecule has 1 atom stereocenters. The van der Waals surface area contributed by atoms with Crippen LogP contribution in [0, 0.1) is 5.41 Å². The van der Waals surface area contributed by atoms with Crippen molar-refractivity contribution in [3.63, 3.8) is 0 Å². The number of hydrogen-bond acceptors (Lipinski definition) is 7. The molecule has 0 aliphatic rings. The molecule has 4 N–H and O–H groups in total. The fourth-order valence-corrected chi connectivity index (χ4v) is 2.99. The van der Waals surface area contributed by atoms with Gasteiger partial charge in [0.15, 0.2) is 5.82 Å². The van der Waals surface area contributed by atoms with Crippen LogP contribution in [0.1, 0.15) is 12.0 Å². The number of nitrogens with two attached hydrogens (primary N) is 1. The first kappa shape index (κ1) is 18.7. The number of benzene rings is 1. The molecule has 0 spiro atoms. The third-order valence-corrected chi connectivity index (χ3v) is 4.68. The zero-order valence-corrected chi connectivity index (χ0v) is 14.5. The molecule has 2 rings (SSSR count). The first-order valence-electron chi connectivity index (χ1n) is 7.46. The molecule has 0 fully saturated rings. The number of aromatic nitrogens is 2. The second-order valence-corrected chi connectivity index (χ2v) is 6.65. The van der Waals surface area contributed by atoms with Crippen molar-refractivity contribution >= 4 is 34.1 Å². The van der Waals surface area contributed by atoms with Gasteiger partial charge in [0.1, 0.15) is 11.5 Å². The zero-order valence-electron chi connectivity index (χ0n) is 13.7. The quantitative estimate of drug-likeness (QED) is 0.478. The van der Waals surface area contributed by atoms with Crippen molar-refractivity contribution < 1.29 is 13.7 Å². The van der Waals surface area contributed by atoms with Crippen LogP contribution in [-0.2, 0) is 20.3 Å². The molecule has 0 aliphatic carbocycles. The van der Waals surface area contributed by atoms with E-state index in [1.165, 1.54) is 12.4 Å². The van der Waals surface area contributed by atoms with Crippen LogP contribution < -0.4 is 11.1 Å². The Balaban J connectivity index is 1.98. The van der Waals surface area contributed by atoms with E-state index in [9.17, 15) is 9.00 Å². The fraction of sp³-hybridized carbons (Fsp3) is 0.250. The average Bonchev–Trinajstić information content (AvgIpc) is 2.63. The molecule has 132 valence electrons. The Labute approximate surface area is 147 Å².